The van der Waals surface area contributed by atoms with Gasteiger partial charge in [0.05, 0.1) is 17.1 Å². The first-order chi connectivity index (χ1) is 8.91. The van der Waals surface area contributed by atoms with E-state index in [1.54, 1.807) is 32.0 Å². The van der Waals surface area contributed by atoms with Crippen LogP contribution in [0.3, 0.4) is 0 Å². The molecule has 0 radical (unpaired) electrons. The number of nitrogens with one attached hydrogen (secondary N) is 1. The van der Waals surface area contributed by atoms with E-state index in [9.17, 15) is 15.2 Å². The van der Waals surface area contributed by atoms with Gasteiger partial charge < -0.3 is 15.2 Å². The standard InChI is InChI=1S/C13H20N2O4/c1-4-13(3,16)9-14-10-7-6-8-11(19-5-2)12(10)15(17)18/h6-8,14,16H,4-5,9H2,1-3H3. The van der Waals surface area contributed by atoms with Crippen molar-refractivity contribution >= 4 is 11.4 Å². The van der Waals surface area contributed by atoms with E-state index in [1.165, 1.54) is 0 Å². The van der Waals surface area contributed by atoms with Gasteiger partial charge in [0, 0.05) is 6.54 Å². The summed E-state index contributed by atoms with van der Waals surface area (Å²) < 4.78 is 5.25. The zero-order chi connectivity index (χ0) is 14.5. The third-order valence-electron chi connectivity index (χ3n) is 2.90. The van der Waals surface area contributed by atoms with Gasteiger partial charge in [0.1, 0.15) is 5.69 Å². The maximum absolute atomic E-state index is 11.1. The van der Waals surface area contributed by atoms with Crippen LogP contribution >= 0.6 is 0 Å². The fraction of sp³-hybridized carbons (Fsp3) is 0.538. The van der Waals surface area contributed by atoms with E-state index in [-0.39, 0.29) is 18.0 Å². The number of aliphatic hydroxyl groups is 1. The Bertz CT molecular complexity index is 446. The Morgan fingerprint density at radius 1 is 1.47 bits per heavy atom. The van der Waals surface area contributed by atoms with Crippen molar-refractivity contribution in [3.63, 3.8) is 0 Å². The number of para-hydroxylation sites is 1. The van der Waals surface area contributed by atoms with E-state index < -0.39 is 10.5 Å². The molecule has 0 heterocycles. The second kappa shape index (κ2) is 6.38. The van der Waals surface area contributed by atoms with E-state index >= 15 is 0 Å². The number of hydrogen-bond acceptors (Lipinski definition) is 5. The molecule has 6 nitrogen and oxygen atoms in total. The first kappa shape index (κ1) is 15.2. The Hall–Kier alpha value is -1.82. The van der Waals surface area contributed by atoms with E-state index in [0.29, 0.717) is 18.7 Å². The lowest BCUT2D eigenvalue weighted by Gasteiger charge is -2.22. The summed E-state index contributed by atoms with van der Waals surface area (Å²) in [5.41, 5.74) is -0.656. The predicted octanol–water partition coefficient (Wildman–Crippen LogP) is 2.57. The number of rotatable bonds is 7. The molecule has 0 aliphatic rings. The molecule has 0 bridgehead atoms. The molecule has 0 saturated heterocycles. The molecule has 0 aromatic heterocycles. The van der Waals surface area contributed by atoms with Gasteiger partial charge in [0.25, 0.3) is 0 Å². The monoisotopic (exact) mass is 268 g/mol. The second-order valence-electron chi connectivity index (χ2n) is 4.55. The van der Waals surface area contributed by atoms with E-state index in [1.807, 2.05) is 6.92 Å². The highest BCUT2D eigenvalue weighted by Crippen LogP contribution is 2.35. The van der Waals surface area contributed by atoms with Crippen molar-refractivity contribution in [1.82, 2.24) is 0 Å². The van der Waals surface area contributed by atoms with Gasteiger partial charge in [-0.1, -0.05) is 13.0 Å². The number of nitro groups is 1. The molecule has 0 aliphatic heterocycles. The lowest BCUT2D eigenvalue weighted by atomic mass is 10.0. The summed E-state index contributed by atoms with van der Waals surface area (Å²) in [6, 6.07) is 4.85. The molecule has 1 rings (SSSR count). The minimum atomic E-state index is -0.907. The lowest BCUT2D eigenvalue weighted by molar-refractivity contribution is -0.384. The van der Waals surface area contributed by atoms with Crippen LogP contribution in [-0.2, 0) is 0 Å². The average Bonchev–Trinajstić information content (AvgIpc) is 2.36. The van der Waals surface area contributed by atoms with Gasteiger partial charge in [-0.25, -0.2) is 0 Å². The number of ether oxygens (including phenoxy) is 1. The van der Waals surface area contributed by atoms with Crippen LogP contribution in [0.1, 0.15) is 27.2 Å². The summed E-state index contributed by atoms with van der Waals surface area (Å²) in [6.45, 7) is 5.90. The molecule has 1 atom stereocenters. The Kier molecular flexibility index (Phi) is 5.11. The minimum absolute atomic E-state index is 0.101. The minimum Gasteiger partial charge on any atom is -0.487 e. The van der Waals surface area contributed by atoms with Crippen LogP contribution < -0.4 is 10.1 Å². The van der Waals surface area contributed by atoms with Crippen LogP contribution in [0.2, 0.25) is 0 Å². The topological polar surface area (TPSA) is 84.6 Å². The third-order valence-corrected chi connectivity index (χ3v) is 2.90. The fourth-order valence-electron chi connectivity index (χ4n) is 1.54. The van der Waals surface area contributed by atoms with Gasteiger partial charge in [-0.2, -0.15) is 0 Å². The Labute approximate surface area is 112 Å². The zero-order valence-corrected chi connectivity index (χ0v) is 11.5. The molecule has 106 valence electrons. The first-order valence-electron chi connectivity index (χ1n) is 6.27. The maximum atomic E-state index is 11.1. The largest absolute Gasteiger partial charge is 0.487 e. The summed E-state index contributed by atoms with van der Waals surface area (Å²) in [5, 5.41) is 24.0. The van der Waals surface area contributed by atoms with Crippen LogP contribution in [0, 0.1) is 10.1 Å². The van der Waals surface area contributed by atoms with Crippen LogP contribution in [0.4, 0.5) is 11.4 Å². The van der Waals surface area contributed by atoms with Crippen LogP contribution in [0.5, 0.6) is 5.75 Å². The Morgan fingerprint density at radius 2 is 2.16 bits per heavy atom. The number of nitro benzene ring substituents is 1. The molecule has 0 aliphatic carbocycles. The van der Waals surface area contributed by atoms with Gasteiger partial charge in [-0.3, -0.25) is 10.1 Å². The summed E-state index contributed by atoms with van der Waals surface area (Å²) in [5.74, 6) is 0.230. The first-order valence-corrected chi connectivity index (χ1v) is 6.27. The summed E-state index contributed by atoms with van der Waals surface area (Å²) in [7, 11) is 0. The van der Waals surface area contributed by atoms with Crippen molar-refractivity contribution < 1.29 is 14.8 Å². The molecule has 1 aromatic rings. The smallest absolute Gasteiger partial charge is 0.333 e. The van der Waals surface area contributed by atoms with Crippen molar-refractivity contribution in [3.05, 3.63) is 28.3 Å². The van der Waals surface area contributed by atoms with Gasteiger partial charge in [-0.15, -0.1) is 0 Å². The Morgan fingerprint density at radius 3 is 2.68 bits per heavy atom. The van der Waals surface area contributed by atoms with Crippen LogP contribution in [0.25, 0.3) is 0 Å². The third kappa shape index (κ3) is 4.10. The zero-order valence-electron chi connectivity index (χ0n) is 11.5. The molecule has 19 heavy (non-hydrogen) atoms. The molecule has 0 amide bonds. The lowest BCUT2D eigenvalue weighted by Crippen LogP contribution is -2.32. The van der Waals surface area contributed by atoms with Crippen molar-refractivity contribution in [1.29, 1.82) is 0 Å². The molecule has 0 spiro atoms. The maximum Gasteiger partial charge on any atom is 0.333 e. The molecule has 1 unspecified atom stereocenters. The van der Waals surface area contributed by atoms with Gasteiger partial charge in [0.2, 0.25) is 0 Å². The summed E-state index contributed by atoms with van der Waals surface area (Å²) in [6.07, 6.45) is 0.555. The number of nitrogens with zero attached hydrogens (tertiary/aromatic N) is 1. The normalized spacial score (nSPS) is 13.7. The number of hydrogen-bond donors (Lipinski definition) is 2. The highest BCUT2D eigenvalue weighted by atomic mass is 16.6. The van der Waals surface area contributed by atoms with E-state index in [0.717, 1.165) is 0 Å². The fourth-order valence-corrected chi connectivity index (χ4v) is 1.54. The van der Waals surface area contributed by atoms with E-state index in [2.05, 4.69) is 5.32 Å². The quantitative estimate of drug-likeness (QED) is 0.586. The molecular weight excluding hydrogens is 248 g/mol. The SMILES string of the molecule is CCOc1cccc(NCC(C)(O)CC)c1[N+](=O)[O-]. The summed E-state index contributed by atoms with van der Waals surface area (Å²) >= 11 is 0. The van der Waals surface area contributed by atoms with Crippen LogP contribution in [-0.4, -0.2) is 28.8 Å². The van der Waals surface area contributed by atoms with Gasteiger partial charge >= 0.3 is 5.69 Å². The molecule has 6 heteroatoms. The predicted molar refractivity (Wildman–Crippen MR) is 73.7 cm³/mol. The highest BCUT2D eigenvalue weighted by molar-refractivity contribution is 5.68. The van der Waals surface area contributed by atoms with Gasteiger partial charge in [-0.05, 0) is 32.4 Å². The Balaban J connectivity index is 3.00. The van der Waals surface area contributed by atoms with Gasteiger partial charge in [0.15, 0.2) is 5.75 Å². The highest BCUT2D eigenvalue weighted by Gasteiger charge is 2.23. The van der Waals surface area contributed by atoms with Crippen molar-refractivity contribution in [2.24, 2.45) is 0 Å². The van der Waals surface area contributed by atoms with Crippen LogP contribution in [0.15, 0.2) is 18.2 Å². The molecule has 0 fully saturated rings. The second-order valence-corrected chi connectivity index (χ2v) is 4.55. The summed E-state index contributed by atoms with van der Waals surface area (Å²) in [4.78, 5) is 10.7. The van der Waals surface area contributed by atoms with Crippen molar-refractivity contribution in [2.45, 2.75) is 32.8 Å². The molecule has 0 saturated carbocycles. The number of anilines is 1. The average molecular weight is 268 g/mol. The molecular formula is C13H20N2O4. The van der Waals surface area contributed by atoms with E-state index in [4.69, 9.17) is 4.74 Å². The number of benzene rings is 1. The molecule has 1 aromatic carbocycles. The van der Waals surface area contributed by atoms with Crippen molar-refractivity contribution in [2.75, 3.05) is 18.5 Å². The van der Waals surface area contributed by atoms with Crippen molar-refractivity contribution in [3.8, 4) is 5.75 Å². The molecule has 2 N–H and O–H groups in total.